The van der Waals surface area contributed by atoms with Crippen molar-refractivity contribution in [3.05, 3.63) is 65.2 Å². The van der Waals surface area contributed by atoms with Gasteiger partial charge in [0.05, 0.1) is 18.4 Å². The Morgan fingerprint density at radius 2 is 1.84 bits per heavy atom. The van der Waals surface area contributed by atoms with Gasteiger partial charge in [-0.25, -0.2) is 8.42 Å². The van der Waals surface area contributed by atoms with Crippen LogP contribution in [-0.2, 0) is 21.1 Å². The number of sulfone groups is 1. The number of carbonyl (C=O) groups excluding carboxylic acids is 1. The van der Waals surface area contributed by atoms with Crippen molar-refractivity contribution in [2.75, 3.05) is 13.4 Å². The van der Waals surface area contributed by atoms with Crippen LogP contribution in [0.15, 0.2) is 48.5 Å². The molecule has 0 aromatic heterocycles. The van der Waals surface area contributed by atoms with Crippen LogP contribution < -0.4 is 10.1 Å². The summed E-state index contributed by atoms with van der Waals surface area (Å²) in [4.78, 5) is 12.6. The summed E-state index contributed by atoms with van der Waals surface area (Å²) in [6, 6.07) is 14.5. The van der Waals surface area contributed by atoms with Crippen molar-refractivity contribution in [3.8, 4) is 5.75 Å². The minimum atomic E-state index is -3.14. The molecule has 2 aromatic rings. The highest BCUT2D eigenvalue weighted by atomic mass is 32.2. The van der Waals surface area contributed by atoms with Gasteiger partial charge < -0.3 is 10.1 Å². The molecule has 25 heavy (non-hydrogen) atoms. The number of carbonyl (C=O) groups is 1. The third-order valence-corrected chi connectivity index (χ3v) is 5.22. The third kappa shape index (κ3) is 4.20. The first kappa shape index (κ1) is 17.5. The Hall–Kier alpha value is -2.34. The van der Waals surface area contributed by atoms with Crippen LogP contribution in [0.2, 0.25) is 0 Å². The van der Waals surface area contributed by atoms with Gasteiger partial charge in [-0.1, -0.05) is 24.3 Å². The van der Waals surface area contributed by atoms with E-state index in [0.717, 1.165) is 24.2 Å². The molecule has 0 atom stereocenters. The molecule has 132 valence electrons. The van der Waals surface area contributed by atoms with E-state index in [2.05, 4.69) is 5.32 Å². The third-order valence-electron chi connectivity index (χ3n) is 4.36. The fourth-order valence-corrected chi connectivity index (χ4v) is 3.70. The minimum Gasteiger partial charge on any atom is -0.497 e. The van der Waals surface area contributed by atoms with Gasteiger partial charge in [-0.05, 0) is 48.2 Å². The number of rotatable bonds is 6. The second-order valence-corrected chi connectivity index (χ2v) is 8.68. The average Bonchev–Trinajstić information content (AvgIpc) is 3.34. The highest BCUT2D eigenvalue weighted by molar-refractivity contribution is 7.89. The average molecular weight is 359 g/mol. The van der Waals surface area contributed by atoms with Gasteiger partial charge >= 0.3 is 0 Å². The molecule has 2 aromatic carbocycles. The number of hydrogen-bond acceptors (Lipinski definition) is 4. The standard InChI is InChI=1S/C19H21NO4S/c1-24-17-8-6-16(7-9-17)19(10-11-19)20-18(21)15-5-3-4-14(12-15)13-25(2,22)23/h3-9,12H,10-11,13H2,1-2H3,(H,20,21). The fourth-order valence-electron chi connectivity index (χ4n) is 2.92. The van der Waals surface area contributed by atoms with E-state index < -0.39 is 9.84 Å². The van der Waals surface area contributed by atoms with Crippen LogP contribution in [0.4, 0.5) is 0 Å². The van der Waals surface area contributed by atoms with Crippen molar-refractivity contribution in [2.24, 2.45) is 0 Å². The van der Waals surface area contributed by atoms with E-state index in [-0.39, 0.29) is 17.2 Å². The van der Waals surface area contributed by atoms with Crippen LogP contribution in [-0.4, -0.2) is 27.7 Å². The van der Waals surface area contributed by atoms with Gasteiger partial charge in [0.15, 0.2) is 9.84 Å². The van der Waals surface area contributed by atoms with Crippen molar-refractivity contribution in [2.45, 2.75) is 24.1 Å². The van der Waals surface area contributed by atoms with Crippen molar-refractivity contribution in [1.29, 1.82) is 0 Å². The molecule has 0 unspecified atom stereocenters. The summed E-state index contributed by atoms with van der Waals surface area (Å²) in [5.41, 5.74) is 1.80. The Kier molecular flexibility index (Phi) is 4.56. The summed E-state index contributed by atoms with van der Waals surface area (Å²) in [7, 11) is -1.52. The largest absolute Gasteiger partial charge is 0.497 e. The van der Waals surface area contributed by atoms with Gasteiger partial charge in [0, 0.05) is 11.8 Å². The second kappa shape index (κ2) is 6.52. The maximum absolute atomic E-state index is 12.6. The van der Waals surface area contributed by atoms with E-state index in [4.69, 9.17) is 4.74 Å². The second-order valence-electron chi connectivity index (χ2n) is 6.54. The van der Waals surface area contributed by atoms with Crippen LogP contribution >= 0.6 is 0 Å². The summed E-state index contributed by atoms with van der Waals surface area (Å²) in [5.74, 6) is 0.514. The molecule has 0 radical (unpaired) electrons. The SMILES string of the molecule is COc1ccc(C2(NC(=O)c3cccc(CS(C)(=O)=O)c3)CC2)cc1. The lowest BCUT2D eigenvalue weighted by Crippen LogP contribution is -2.34. The topological polar surface area (TPSA) is 72.5 Å². The Bertz CT molecular complexity index is 884. The first-order valence-electron chi connectivity index (χ1n) is 8.05. The molecule has 1 saturated carbocycles. The first-order chi connectivity index (χ1) is 11.8. The summed E-state index contributed by atoms with van der Waals surface area (Å²) in [6.45, 7) is 0. The molecule has 1 fully saturated rings. The predicted octanol–water partition coefficient (Wildman–Crippen LogP) is 2.66. The van der Waals surface area contributed by atoms with Gasteiger partial charge in [-0.3, -0.25) is 4.79 Å². The van der Waals surface area contributed by atoms with E-state index in [1.165, 1.54) is 6.26 Å². The summed E-state index contributed by atoms with van der Waals surface area (Å²) in [5, 5.41) is 3.10. The molecule has 0 heterocycles. The molecule has 0 bridgehead atoms. The molecular formula is C19H21NO4S. The molecule has 3 rings (SSSR count). The number of hydrogen-bond donors (Lipinski definition) is 1. The Morgan fingerprint density at radius 1 is 1.16 bits per heavy atom. The zero-order chi connectivity index (χ0) is 18.1. The van der Waals surface area contributed by atoms with Crippen LogP contribution in [0.1, 0.15) is 34.3 Å². The first-order valence-corrected chi connectivity index (χ1v) is 10.1. The molecule has 0 saturated heterocycles. The van der Waals surface area contributed by atoms with Gasteiger partial charge in [0.2, 0.25) is 0 Å². The summed E-state index contributed by atoms with van der Waals surface area (Å²) in [6.07, 6.45) is 2.95. The molecule has 5 nitrogen and oxygen atoms in total. The Morgan fingerprint density at radius 3 is 2.40 bits per heavy atom. The van der Waals surface area contributed by atoms with E-state index in [1.807, 2.05) is 24.3 Å². The highest BCUT2D eigenvalue weighted by Crippen LogP contribution is 2.46. The number of amides is 1. The lowest BCUT2D eigenvalue weighted by molar-refractivity contribution is 0.0930. The molecule has 0 spiro atoms. The van der Waals surface area contributed by atoms with Crippen molar-refractivity contribution in [3.63, 3.8) is 0 Å². The van der Waals surface area contributed by atoms with Crippen LogP contribution in [0, 0.1) is 0 Å². The van der Waals surface area contributed by atoms with Gasteiger partial charge in [0.25, 0.3) is 5.91 Å². The summed E-state index contributed by atoms with van der Waals surface area (Å²) >= 11 is 0. The zero-order valence-corrected chi connectivity index (χ0v) is 15.1. The maximum Gasteiger partial charge on any atom is 0.251 e. The van der Waals surface area contributed by atoms with Gasteiger partial charge in [-0.2, -0.15) is 0 Å². The zero-order valence-electron chi connectivity index (χ0n) is 14.3. The number of benzene rings is 2. The minimum absolute atomic E-state index is 0.0717. The van der Waals surface area contributed by atoms with E-state index >= 15 is 0 Å². The lowest BCUT2D eigenvalue weighted by Gasteiger charge is -2.18. The van der Waals surface area contributed by atoms with E-state index in [9.17, 15) is 13.2 Å². The molecular weight excluding hydrogens is 338 g/mol. The van der Waals surface area contributed by atoms with Crippen molar-refractivity contribution in [1.82, 2.24) is 5.32 Å². The van der Waals surface area contributed by atoms with Crippen LogP contribution in [0.5, 0.6) is 5.75 Å². The van der Waals surface area contributed by atoms with Crippen LogP contribution in [0.3, 0.4) is 0 Å². The normalized spacial score (nSPS) is 15.4. The number of ether oxygens (including phenoxy) is 1. The molecule has 6 heteroatoms. The molecule has 1 amide bonds. The van der Waals surface area contributed by atoms with Gasteiger partial charge in [-0.15, -0.1) is 0 Å². The maximum atomic E-state index is 12.6. The van der Waals surface area contributed by atoms with Crippen molar-refractivity contribution >= 4 is 15.7 Å². The Labute approximate surface area is 147 Å². The predicted molar refractivity (Wildman–Crippen MR) is 96.4 cm³/mol. The molecule has 0 aliphatic heterocycles. The number of methoxy groups -OCH3 is 1. The summed E-state index contributed by atoms with van der Waals surface area (Å²) < 4.78 is 28.1. The molecule has 1 N–H and O–H groups in total. The quantitative estimate of drug-likeness (QED) is 0.861. The lowest BCUT2D eigenvalue weighted by atomic mass is 10.0. The fraction of sp³-hybridized carbons (Fsp3) is 0.316. The monoisotopic (exact) mass is 359 g/mol. The molecule has 1 aliphatic rings. The highest BCUT2D eigenvalue weighted by Gasteiger charge is 2.45. The van der Waals surface area contributed by atoms with E-state index in [1.54, 1.807) is 31.4 Å². The molecule has 1 aliphatic carbocycles. The van der Waals surface area contributed by atoms with Gasteiger partial charge in [0.1, 0.15) is 5.75 Å². The van der Waals surface area contributed by atoms with Crippen molar-refractivity contribution < 1.29 is 17.9 Å². The van der Waals surface area contributed by atoms with E-state index in [0.29, 0.717) is 11.1 Å². The van der Waals surface area contributed by atoms with Crippen LogP contribution in [0.25, 0.3) is 0 Å². The number of nitrogens with one attached hydrogen (secondary N) is 1. The smallest absolute Gasteiger partial charge is 0.251 e. The Balaban J connectivity index is 1.76.